The first-order chi connectivity index (χ1) is 12.7. The molecule has 2 aromatic carbocycles. The van der Waals surface area contributed by atoms with E-state index in [0.717, 1.165) is 10.6 Å². The topological polar surface area (TPSA) is 48.4 Å². The number of benzene rings is 2. The van der Waals surface area contributed by atoms with Crippen molar-refractivity contribution in [3.8, 4) is 16.3 Å². The number of nitrogens with zero attached hydrogens (tertiary/aromatic N) is 1. The Morgan fingerprint density at radius 1 is 1.23 bits per heavy atom. The Morgan fingerprint density at radius 2 is 2.04 bits per heavy atom. The van der Waals surface area contributed by atoms with Crippen LogP contribution >= 0.6 is 11.3 Å². The molecule has 0 unspecified atom stereocenters. The summed E-state index contributed by atoms with van der Waals surface area (Å²) in [6, 6.07) is 14.2. The van der Waals surface area contributed by atoms with Crippen LogP contribution in [0.4, 0.5) is 4.39 Å². The van der Waals surface area contributed by atoms with Gasteiger partial charge in [0, 0.05) is 17.0 Å². The molecular weight excluding hydrogens is 353 g/mol. The molecule has 132 valence electrons. The van der Waals surface area contributed by atoms with Crippen LogP contribution in [0.15, 0.2) is 60.0 Å². The predicted molar refractivity (Wildman–Crippen MR) is 99.3 cm³/mol. The summed E-state index contributed by atoms with van der Waals surface area (Å²) in [5.74, 6) is -0.850. The minimum absolute atomic E-state index is 0.0868. The maximum atomic E-state index is 13.6. The SMILES string of the molecule is COc1ccc(/C=C/C(=O)OCc2csc(-c3ccccc3)n2)cc1F. The Hall–Kier alpha value is -2.99. The second kappa shape index (κ2) is 8.40. The quantitative estimate of drug-likeness (QED) is 0.466. The standard InChI is InChI=1S/C20H16FNO3S/c1-24-18-9-7-14(11-17(18)21)8-10-19(23)25-12-16-13-26-20(22-16)15-5-3-2-4-6-15/h2-11,13H,12H2,1H3/b10-8+. The summed E-state index contributed by atoms with van der Waals surface area (Å²) >= 11 is 1.50. The zero-order valence-electron chi connectivity index (χ0n) is 14.0. The lowest BCUT2D eigenvalue weighted by Crippen LogP contribution is -2.01. The highest BCUT2D eigenvalue weighted by atomic mass is 32.1. The molecule has 0 bridgehead atoms. The number of hydrogen-bond donors (Lipinski definition) is 0. The summed E-state index contributed by atoms with van der Waals surface area (Å²) in [7, 11) is 1.40. The molecule has 0 amide bonds. The average molecular weight is 369 g/mol. The lowest BCUT2D eigenvalue weighted by Gasteiger charge is -2.02. The summed E-state index contributed by atoms with van der Waals surface area (Å²) in [5, 5.41) is 2.74. The maximum Gasteiger partial charge on any atom is 0.331 e. The summed E-state index contributed by atoms with van der Waals surface area (Å²) in [5.41, 5.74) is 2.25. The van der Waals surface area contributed by atoms with Gasteiger partial charge in [0.2, 0.25) is 0 Å². The molecule has 6 heteroatoms. The van der Waals surface area contributed by atoms with E-state index in [2.05, 4.69) is 4.98 Å². The molecule has 1 aromatic heterocycles. The van der Waals surface area contributed by atoms with Crippen molar-refractivity contribution in [2.45, 2.75) is 6.61 Å². The highest BCUT2D eigenvalue weighted by Gasteiger charge is 2.07. The average Bonchev–Trinajstić information content (AvgIpc) is 3.14. The molecule has 0 saturated carbocycles. The first kappa shape index (κ1) is 17.8. The molecule has 0 radical (unpaired) electrons. The van der Waals surface area contributed by atoms with Crippen LogP contribution in [-0.2, 0) is 16.1 Å². The van der Waals surface area contributed by atoms with E-state index >= 15 is 0 Å². The smallest absolute Gasteiger partial charge is 0.331 e. The zero-order chi connectivity index (χ0) is 18.4. The van der Waals surface area contributed by atoms with E-state index < -0.39 is 11.8 Å². The molecule has 3 aromatic rings. The second-order valence-corrected chi connectivity index (χ2v) is 6.20. The third-order valence-electron chi connectivity index (χ3n) is 3.52. The third kappa shape index (κ3) is 4.55. The van der Waals surface area contributed by atoms with Crippen molar-refractivity contribution in [1.29, 1.82) is 0 Å². The molecule has 0 atom stereocenters. The number of hydrogen-bond acceptors (Lipinski definition) is 5. The fourth-order valence-corrected chi connectivity index (χ4v) is 3.04. The van der Waals surface area contributed by atoms with Crippen molar-refractivity contribution in [1.82, 2.24) is 4.98 Å². The van der Waals surface area contributed by atoms with Crippen molar-refractivity contribution in [2.24, 2.45) is 0 Å². The van der Waals surface area contributed by atoms with Crippen LogP contribution in [0.5, 0.6) is 5.75 Å². The normalized spacial score (nSPS) is 10.8. The molecule has 0 aliphatic carbocycles. The molecule has 0 aliphatic heterocycles. The van der Waals surface area contributed by atoms with Crippen molar-refractivity contribution in [3.05, 3.63) is 77.1 Å². The van der Waals surface area contributed by atoms with Gasteiger partial charge in [0.05, 0.1) is 12.8 Å². The summed E-state index contributed by atoms with van der Waals surface area (Å²) in [4.78, 5) is 16.3. The van der Waals surface area contributed by atoms with Crippen LogP contribution in [0.2, 0.25) is 0 Å². The van der Waals surface area contributed by atoms with Gasteiger partial charge in [-0.05, 0) is 23.8 Å². The summed E-state index contributed by atoms with van der Waals surface area (Å²) in [6.45, 7) is 0.0868. The van der Waals surface area contributed by atoms with Gasteiger partial charge in [-0.15, -0.1) is 11.3 Å². The van der Waals surface area contributed by atoms with Gasteiger partial charge in [-0.25, -0.2) is 14.2 Å². The summed E-state index contributed by atoms with van der Waals surface area (Å²) < 4.78 is 23.6. The Kier molecular flexibility index (Phi) is 5.76. The lowest BCUT2D eigenvalue weighted by molar-refractivity contribution is -0.139. The van der Waals surface area contributed by atoms with Crippen LogP contribution < -0.4 is 4.74 Å². The van der Waals surface area contributed by atoms with E-state index in [0.29, 0.717) is 11.3 Å². The number of aromatic nitrogens is 1. The van der Waals surface area contributed by atoms with E-state index in [-0.39, 0.29) is 12.4 Å². The number of rotatable bonds is 6. The fraction of sp³-hybridized carbons (Fsp3) is 0.100. The van der Waals surface area contributed by atoms with Crippen LogP contribution in [0.25, 0.3) is 16.6 Å². The zero-order valence-corrected chi connectivity index (χ0v) is 14.8. The lowest BCUT2D eigenvalue weighted by atomic mass is 10.2. The van der Waals surface area contributed by atoms with Crippen LogP contribution in [0, 0.1) is 5.82 Å². The highest BCUT2D eigenvalue weighted by molar-refractivity contribution is 7.13. The summed E-state index contributed by atoms with van der Waals surface area (Å²) in [6.07, 6.45) is 2.74. The maximum absolute atomic E-state index is 13.6. The molecule has 1 heterocycles. The highest BCUT2D eigenvalue weighted by Crippen LogP contribution is 2.23. The minimum Gasteiger partial charge on any atom is -0.494 e. The number of halogens is 1. The van der Waals surface area contributed by atoms with Gasteiger partial charge in [0.25, 0.3) is 0 Å². The number of carbonyl (C=O) groups excluding carboxylic acids is 1. The fourth-order valence-electron chi connectivity index (χ4n) is 2.23. The van der Waals surface area contributed by atoms with Gasteiger partial charge in [-0.2, -0.15) is 0 Å². The monoisotopic (exact) mass is 369 g/mol. The van der Waals surface area contributed by atoms with Gasteiger partial charge in [0.15, 0.2) is 11.6 Å². The molecule has 0 saturated heterocycles. The number of ether oxygens (including phenoxy) is 2. The minimum atomic E-state index is -0.518. The van der Waals surface area contributed by atoms with Crippen molar-refractivity contribution in [2.75, 3.05) is 7.11 Å². The molecule has 3 rings (SSSR count). The molecule has 0 aliphatic rings. The van der Waals surface area contributed by atoms with Crippen molar-refractivity contribution < 1.29 is 18.7 Å². The van der Waals surface area contributed by atoms with Gasteiger partial charge in [-0.3, -0.25) is 0 Å². The molecule has 0 spiro atoms. The van der Waals surface area contributed by atoms with Crippen molar-refractivity contribution in [3.63, 3.8) is 0 Å². The van der Waals surface area contributed by atoms with Gasteiger partial charge < -0.3 is 9.47 Å². The van der Waals surface area contributed by atoms with Gasteiger partial charge >= 0.3 is 5.97 Å². The van der Waals surface area contributed by atoms with Crippen LogP contribution in [-0.4, -0.2) is 18.1 Å². The van der Waals surface area contributed by atoms with E-state index in [1.807, 2.05) is 35.7 Å². The van der Waals surface area contributed by atoms with Crippen LogP contribution in [0.1, 0.15) is 11.3 Å². The number of esters is 1. The Labute approximate surface area is 154 Å². The molecule has 0 N–H and O–H groups in total. The van der Waals surface area contributed by atoms with Crippen molar-refractivity contribution >= 4 is 23.4 Å². The number of thiazole rings is 1. The Bertz CT molecular complexity index is 922. The largest absolute Gasteiger partial charge is 0.494 e. The van der Waals surface area contributed by atoms with E-state index in [4.69, 9.17) is 9.47 Å². The van der Waals surface area contributed by atoms with E-state index in [1.165, 1.54) is 42.7 Å². The first-order valence-corrected chi connectivity index (χ1v) is 8.72. The molecule has 26 heavy (non-hydrogen) atoms. The van der Waals surface area contributed by atoms with Crippen LogP contribution in [0.3, 0.4) is 0 Å². The first-order valence-electron chi connectivity index (χ1n) is 7.84. The Balaban J connectivity index is 1.56. The number of carbonyl (C=O) groups is 1. The third-order valence-corrected chi connectivity index (χ3v) is 4.46. The molecule has 4 nitrogen and oxygen atoms in total. The van der Waals surface area contributed by atoms with Gasteiger partial charge in [-0.1, -0.05) is 36.4 Å². The Morgan fingerprint density at radius 3 is 2.77 bits per heavy atom. The molecular formula is C20H16FNO3S. The van der Waals surface area contributed by atoms with E-state index in [9.17, 15) is 9.18 Å². The second-order valence-electron chi connectivity index (χ2n) is 5.35. The number of methoxy groups -OCH3 is 1. The predicted octanol–water partition coefficient (Wildman–Crippen LogP) is 4.71. The van der Waals surface area contributed by atoms with Gasteiger partial charge in [0.1, 0.15) is 11.6 Å². The van der Waals surface area contributed by atoms with E-state index in [1.54, 1.807) is 6.07 Å². The molecule has 0 fully saturated rings.